The van der Waals surface area contributed by atoms with Crippen LogP contribution in [0.1, 0.15) is 69.4 Å². The fraction of sp³-hybridized carbons (Fsp3) is 0.667. The van der Waals surface area contributed by atoms with Gasteiger partial charge in [0.15, 0.2) is 17.2 Å². The first-order valence-electron chi connectivity index (χ1n) is 15.2. The highest BCUT2D eigenvalue weighted by molar-refractivity contribution is 7.07. The number of aromatic nitrogens is 2. The van der Waals surface area contributed by atoms with E-state index in [1.807, 2.05) is 27.7 Å². The number of amides is 3. The van der Waals surface area contributed by atoms with E-state index in [1.165, 1.54) is 11.3 Å². The van der Waals surface area contributed by atoms with Crippen LogP contribution in [0.2, 0.25) is 0 Å². The number of hydrogen-bond acceptors (Lipinski definition) is 11. The molecule has 0 spiro atoms. The van der Waals surface area contributed by atoms with Crippen molar-refractivity contribution < 1.29 is 33.2 Å². The summed E-state index contributed by atoms with van der Waals surface area (Å²) in [5, 5.41) is 14.2. The lowest BCUT2D eigenvalue weighted by molar-refractivity contribution is -0.133. The molecule has 3 amide bonds. The van der Waals surface area contributed by atoms with Crippen LogP contribution in [0.15, 0.2) is 21.5 Å². The Hall–Kier alpha value is -3.20. The summed E-state index contributed by atoms with van der Waals surface area (Å²) < 4.78 is 16.1. The second-order valence-corrected chi connectivity index (χ2v) is 13.3. The Kier molecular flexibility index (Phi) is 11.6. The van der Waals surface area contributed by atoms with E-state index in [4.69, 9.17) is 14.0 Å². The van der Waals surface area contributed by atoms with Gasteiger partial charge in [-0.15, -0.1) is 11.3 Å². The van der Waals surface area contributed by atoms with Gasteiger partial charge in [0.1, 0.15) is 17.7 Å². The van der Waals surface area contributed by atoms with Crippen LogP contribution in [0.4, 0.5) is 0 Å². The lowest BCUT2D eigenvalue weighted by Crippen LogP contribution is -2.57. The molecule has 0 bridgehead atoms. The lowest BCUT2D eigenvalue weighted by atomic mass is 9.93. The van der Waals surface area contributed by atoms with Crippen molar-refractivity contribution in [3.8, 4) is 0 Å². The molecule has 13 nitrogen and oxygen atoms in total. The zero-order valence-corrected chi connectivity index (χ0v) is 26.9. The Labute approximate surface area is 261 Å². The smallest absolute Gasteiger partial charge is 0.274 e. The molecule has 0 aromatic carbocycles. The Balaban J connectivity index is 1.45. The van der Waals surface area contributed by atoms with E-state index in [0.717, 1.165) is 13.1 Å². The second kappa shape index (κ2) is 15.2. The van der Waals surface area contributed by atoms with Gasteiger partial charge in [0.25, 0.3) is 5.91 Å². The van der Waals surface area contributed by atoms with Gasteiger partial charge in [-0.05, 0) is 31.6 Å². The minimum Gasteiger partial charge on any atom is -0.379 e. The maximum Gasteiger partial charge on any atom is 0.274 e. The van der Waals surface area contributed by atoms with Crippen molar-refractivity contribution in [2.75, 3.05) is 32.9 Å². The van der Waals surface area contributed by atoms with Gasteiger partial charge < -0.3 is 29.9 Å². The average Bonchev–Trinajstić information content (AvgIpc) is 3.32. The summed E-state index contributed by atoms with van der Waals surface area (Å²) in [4.78, 5) is 60.0. The quantitative estimate of drug-likeness (QED) is 0.232. The maximum absolute atomic E-state index is 13.7. The van der Waals surface area contributed by atoms with Crippen molar-refractivity contribution in [3.05, 3.63) is 34.1 Å². The third-order valence-electron chi connectivity index (χ3n) is 7.57. The zero-order valence-electron chi connectivity index (χ0n) is 26.1. The van der Waals surface area contributed by atoms with Gasteiger partial charge in [0.2, 0.25) is 11.8 Å². The van der Waals surface area contributed by atoms with E-state index >= 15 is 0 Å². The molecule has 44 heavy (non-hydrogen) atoms. The fourth-order valence-electron chi connectivity index (χ4n) is 5.03. The normalized spacial score (nSPS) is 20.6. The van der Waals surface area contributed by atoms with Crippen LogP contribution >= 0.6 is 11.3 Å². The Morgan fingerprint density at radius 3 is 2.23 bits per heavy atom. The molecule has 4 heterocycles. The molecule has 14 heteroatoms. The van der Waals surface area contributed by atoms with Crippen LogP contribution in [-0.4, -0.2) is 95.2 Å². The zero-order chi connectivity index (χ0) is 31.9. The number of carbonyl (C=O) groups is 4. The van der Waals surface area contributed by atoms with E-state index in [1.54, 1.807) is 23.9 Å². The first-order chi connectivity index (χ1) is 20.9. The van der Waals surface area contributed by atoms with Crippen molar-refractivity contribution in [2.45, 2.75) is 84.2 Å². The average molecular weight is 633 g/mol. The molecule has 0 saturated carbocycles. The number of ketones is 1. The van der Waals surface area contributed by atoms with Crippen LogP contribution in [0.3, 0.4) is 0 Å². The predicted octanol–water partition coefficient (Wildman–Crippen LogP) is 1.72. The van der Waals surface area contributed by atoms with E-state index < -0.39 is 41.4 Å². The van der Waals surface area contributed by atoms with Crippen molar-refractivity contribution >= 4 is 34.8 Å². The van der Waals surface area contributed by atoms with Crippen molar-refractivity contribution in [1.82, 2.24) is 31.0 Å². The number of epoxide rings is 1. The highest BCUT2D eigenvalue weighted by atomic mass is 32.1. The highest BCUT2D eigenvalue weighted by Gasteiger charge is 2.50. The molecular weight excluding hydrogens is 588 g/mol. The summed E-state index contributed by atoms with van der Waals surface area (Å²) in [7, 11) is 0. The highest BCUT2D eigenvalue weighted by Crippen LogP contribution is 2.29. The van der Waals surface area contributed by atoms with E-state index in [-0.39, 0.29) is 29.7 Å². The van der Waals surface area contributed by atoms with Gasteiger partial charge in [-0.1, -0.05) is 32.9 Å². The molecule has 2 aromatic heterocycles. The number of morpholine rings is 1. The molecular formula is C30H44N6O7S. The van der Waals surface area contributed by atoms with Gasteiger partial charge in [-0.2, -0.15) is 0 Å². The predicted molar refractivity (Wildman–Crippen MR) is 162 cm³/mol. The van der Waals surface area contributed by atoms with Crippen molar-refractivity contribution in [3.63, 3.8) is 0 Å². The number of ether oxygens (including phenoxy) is 2. The third-order valence-corrected chi connectivity index (χ3v) is 8.21. The Bertz CT molecular complexity index is 1270. The van der Waals surface area contributed by atoms with Crippen LogP contribution in [0.5, 0.6) is 0 Å². The molecule has 0 radical (unpaired) electrons. The summed E-state index contributed by atoms with van der Waals surface area (Å²) in [6, 6.07) is -1.17. The van der Waals surface area contributed by atoms with Gasteiger partial charge in [-0.3, -0.25) is 24.1 Å². The van der Waals surface area contributed by atoms with Crippen molar-refractivity contribution in [1.29, 1.82) is 0 Å². The standard InChI is InChI=1S/C30H44N6O7S/c1-18(2)10-22(26(37)30(5)16-42-30)32-28(39)24(12-20-15-44-17-31-20)34-27(38)23(11-19(3)4)33-29(40)25-13-21(43-35-25)14-36-6-8-41-9-7-36/h13,15,17-19,22-24H,6-12,14,16H2,1-5H3,(H,32,39)(H,33,40)(H,34,38)/t22-,23-,24?,30+/m0/s1. The second-order valence-electron chi connectivity index (χ2n) is 12.5. The third kappa shape index (κ3) is 9.65. The molecule has 4 rings (SSSR count). The fourth-order valence-corrected chi connectivity index (χ4v) is 5.60. The van der Waals surface area contributed by atoms with Crippen LogP contribution in [0, 0.1) is 11.8 Å². The largest absolute Gasteiger partial charge is 0.379 e. The molecule has 3 N–H and O–H groups in total. The molecule has 2 aliphatic rings. The first-order valence-corrected chi connectivity index (χ1v) is 16.1. The molecule has 242 valence electrons. The minimum absolute atomic E-state index is 0.0541. The van der Waals surface area contributed by atoms with Gasteiger partial charge in [0, 0.05) is 31.0 Å². The number of hydrogen-bond donors (Lipinski definition) is 3. The molecule has 2 fully saturated rings. The van der Waals surface area contributed by atoms with Gasteiger partial charge in [0.05, 0.1) is 43.6 Å². The Morgan fingerprint density at radius 2 is 1.61 bits per heavy atom. The number of nitrogens with zero attached hydrogens (tertiary/aromatic N) is 3. The van der Waals surface area contributed by atoms with E-state index in [9.17, 15) is 19.2 Å². The molecule has 2 aromatic rings. The number of carbonyl (C=O) groups excluding carboxylic acids is 4. The lowest BCUT2D eigenvalue weighted by Gasteiger charge is -2.26. The van der Waals surface area contributed by atoms with Crippen molar-refractivity contribution in [2.24, 2.45) is 11.8 Å². The molecule has 0 aliphatic carbocycles. The van der Waals surface area contributed by atoms with Crippen LogP contribution in [-0.2, 0) is 36.8 Å². The number of thiazole rings is 1. The summed E-state index contributed by atoms with van der Waals surface area (Å²) in [5.74, 6) is -1.05. The van der Waals surface area contributed by atoms with Gasteiger partial charge in [-0.25, -0.2) is 4.98 Å². The Morgan fingerprint density at radius 1 is 0.977 bits per heavy atom. The summed E-state index contributed by atoms with van der Waals surface area (Å²) in [5.41, 5.74) is 1.43. The molecule has 2 aliphatic heterocycles. The topological polar surface area (TPSA) is 168 Å². The summed E-state index contributed by atoms with van der Waals surface area (Å²) >= 11 is 1.38. The molecule has 4 atom stereocenters. The van der Waals surface area contributed by atoms with Gasteiger partial charge >= 0.3 is 0 Å². The van der Waals surface area contributed by atoms with Crippen LogP contribution in [0.25, 0.3) is 0 Å². The van der Waals surface area contributed by atoms with E-state index in [0.29, 0.717) is 50.7 Å². The molecule has 1 unspecified atom stereocenters. The molecule has 2 saturated heterocycles. The monoisotopic (exact) mass is 632 g/mol. The minimum atomic E-state index is -1.03. The van der Waals surface area contributed by atoms with E-state index in [2.05, 4.69) is 31.0 Å². The maximum atomic E-state index is 13.7. The first kappa shape index (κ1) is 33.7. The summed E-state index contributed by atoms with van der Waals surface area (Å²) in [6.07, 6.45) is 0.872. The van der Waals surface area contributed by atoms with Crippen LogP contribution < -0.4 is 16.0 Å². The number of nitrogens with one attached hydrogen (secondary N) is 3. The number of Topliss-reactive ketones (excluding diaryl/α,β-unsaturated/α-hetero) is 1. The number of rotatable bonds is 16. The SMILES string of the molecule is CC(C)C[C@H](NC(=O)c1cc(CN2CCOCC2)on1)C(=O)NC(Cc1cscn1)C(=O)N[C@@H](CC(C)C)C(=O)[C@@]1(C)CO1. The summed E-state index contributed by atoms with van der Waals surface area (Å²) in [6.45, 7) is 13.1.